The van der Waals surface area contributed by atoms with Crippen molar-refractivity contribution in [3.63, 3.8) is 0 Å². The van der Waals surface area contributed by atoms with Crippen molar-refractivity contribution < 1.29 is 13.5 Å². The topological polar surface area (TPSA) is 48.9 Å². The van der Waals surface area contributed by atoms with Gasteiger partial charge in [0, 0.05) is 38.3 Å². The van der Waals surface area contributed by atoms with E-state index in [4.69, 9.17) is 4.74 Å². The largest absolute Gasteiger partial charge is 0.379 e. The van der Waals surface area contributed by atoms with Gasteiger partial charge < -0.3 is 15.4 Å². The van der Waals surface area contributed by atoms with Gasteiger partial charge in [0.1, 0.15) is 11.6 Å². The predicted molar refractivity (Wildman–Crippen MR) is 107 cm³/mol. The Bertz CT molecular complexity index is 519. The highest BCUT2D eigenvalue weighted by Gasteiger charge is 2.10. The van der Waals surface area contributed by atoms with E-state index in [1.54, 1.807) is 0 Å². The van der Waals surface area contributed by atoms with Crippen LogP contribution in [-0.2, 0) is 11.2 Å². The van der Waals surface area contributed by atoms with E-state index in [1.807, 2.05) is 6.92 Å². The summed E-state index contributed by atoms with van der Waals surface area (Å²) >= 11 is 0. The molecule has 0 bridgehead atoms. The van der Waals surface area contributed by atoms with E-state index in [2.05, 4.69) is 20.5 Å². The molecule has 1 aliphatic rings. The normalized spacial score (nSPS) is 15.6. The van der Waals surface area contributed by atoms with Gasteiger partial charge in [-0.3, -0.25) is 9.89 Å². The van der Waals surface area contributed by atoms with Crippen LogP contribution in [0.25, 0.3) is 0 Å². The van der Waals surface area contributed by atoms with Crippen LogP contribution in [0.15, 0.2) is 23.2 Å². The van der Waals surface area contributed by atoms with Gasteiger partial charge in [0.2, 0.25) is 0 Å². The Morgan fingerprint density at radius 1 is 1.20 bits per heavy atom. The number of rotatable bonds is 7. The smallest absolute Gasteiger partial charge is 0.191 e. The standard InChI is InChI=1S/C17H26F2N4O.HI/c1-2-20-17(22-8-9-23-10-12-24-13-11-23)21-7-6-14-15(18)4-3-5-16(14)19;/h3-5H,2,6-13H2,1H3,(H2,20,21,22);1H. The molecule has 0 unspecified atom stereocenters. The SMILES string of the molecule is CCNC(=NCCN1CCOCC1)NCCc1c(F)cccc1F.I. The van der Waals surface area contributed by atoms with Crippen molar-refractivity contribution >= 4 is 29.9 Å². The van der Waals surface area contributed by atoms with Gasteiger partial charge in [-0.25, -0.2) is 8.78 Å². The molecule has 2 N–H and O–H groups in total. The van der Waals surface area contributed by atoms with Gasteiger partial charge in [-0.05, 0) is 25.5 Å². The Balaban J connectivity index is 0.00000312. The molecule has 142 valence electrons. The van der Waals surface area contributed by atoms with Gasteiger partial charge in [0.05, 0.1) is 19.8 Å². The van der Waals surface area contributed by atoms with E-state index in [0.717, 1.165) is 39.4 Å². The third-order valence-corrected chi connectivity index (χ3v) is 3.86. The van der Waals surface area contributed by atoms with Gasteiger partial charge in [-0.1, -0.05) is 6.07 Å². The lowest BCUT2D eigenvalue weighted by Crippen LogP contribution is -2.40. The van der Waals surface area contributed by atoms with Crippen molar-refractivity contribution in [3.8, 4) is 0 Å². The number of nitrogens with zero attached hydrogens (tertiary/aromatic N) is 2. The maximum atomic E-state index is 13.6. The highest BCUT2D eigenvalue weighted by Crippen LogP contribution is 2.11. The first-order valence-electron chi connectivity index (χ1n) is 8.46. The maximum absolute atomic E-state index is 13.6. The number of ether oxygens (including phenoxy) is 1. The highest BCUT2D eigenvalue weighted by molar-refractivity contribution is 14.0. The number of aliphatic imine (C=N–C) groups is 1. The van der Waals surface area contributed by atoms with Crippen LogP contribution in [-0.4, -0.2) is 63.3 Å². The Morgan fingerprint density at radius 2 is 1.88 bits per heavy atom. The van der Waals surface area contributed by atoms with Crippen LogP contribution in [0.5, 0.6) is 0 Å². The molecule has 0 aromatic heterocycles. The zero-order valence-electron chi connectivity index (χ0n) is 14.6. The van der Waals surface area contributed by atoms with Crippen LogP contribution in [0.3, 0.4) is 0 Å². The maximum Gasteiger partial charge on any atom is 0.191 e. The molecule has 1 aromatic carbocycles. The Hall–Kier alpha value is -1.000. The summed E-state index contributed by atoms with van der Waals surface area (Å²) in [5, 5.41) is 6.27. The van der Waals surface area contributed by atoms with Crippen LogP contribution in [0.1, 0.15) is 12.5 Å². The summed E-state index contributed by atoms with van der Waals surface area (Å²) in [6.07, 6.45) is 0.270. The van der Waals surface area contributed by atoms with Crippen molar-refractivity contribution in [2.45, 2.75) is 13.3 Å². The van der Waals surface area contributed by atoms with E-state index >= 15 is 0 Å². The number of guanidine groups is 1. The summed E-state index contributed by atoms with van der Waals surface area (Å²) in [4.78, 5) is 6.82. The van der Waals surface area contributed by atoms with E-state index in [-0.39, 0.29) is 36.0 Å². The fourth-order valence-corrected chi connectivity index (χ4v) is 2.55. The molecule has 0 aliphatic carbocycles. The molecule has 1 saturated heterocycles. The van der Waals surface area contributed by atoms with Crippen LogP contribution < -0.4 is 10.6 Å². The summed E-state index contributed by atoms with van der Waals surface area (Å²) in [5.74, 6) is -0.348. The van der Waals surface area contributed by atoms with Gasteiger partial charge in [0.25, 0.3) is 0 Å². The quantitative estimate of drug-likeness (QED) is 0.366. The van der Waals surface area contributed by atoms with Gasteiger partial charge in [-0.15, -0.1) is 24.0 Å². The molecular weight excluding hydrogens is 441 g/mol. The second-order valence-corrected chi connectivity index (χ2v) is 5.59. The third kappa shape index (κ3) is 7.83. The van der Waals surface area contributed by atoms with Crippen molar-refractivity contribution in [1.29, 1.82) is 0 Å². The molecule has 1 heterocycles. The first-order chi connectivity index (χ1) is 11.7. The zero-order valence-corrected chi connectivity index (χ0v) is 16.9. The molecule has 8 heteroatoms. The monoisotopic (exact) mass is 468 g/mol. The molecule has 0 radical (unpaired) electrons. The zero-order chi connectivity index (χ0) is 17.2. The van der Waals surface area contributed by atoms with Crippen molar-refractivity contribution in [1.82, 2.24) is 15.5 Å². The summed E-state index contributed by atoms with van der Waals surface area (Å²) in [5.41, 5.74) is 0.106. The Morgan fingerprint density at radius 3 is 2.52 bits per heavy atom. The molecule has 1 fully saturated rings. The molecular formula is C17H27F2IN4O. The number of morpholine rings is 1. The van der Waals surface area contributed by atoms with Gasteiger partial charge in [0.15, 0.2) is 5.96 Å². The molecule has 5 nitrogen and oxygen atoms in total. The number of benzene rings is 1. The number of nitrogens with one attached hydrogen (secondary N) is 2. The number of halogens is 3. The fourth-order valence-electron chi connectivity index (χ4n) is 2.55. The van der Waals surface area contributed by atoms with Crippen LogP contribution in [0.4, 0.5) is 8.78 Å². The molecule has 0 spiro atoms. The lowest BCUT2D eigenvalue weighted by Gasteiger charge is -2.25. The van der Waals surface area contributed by atoms with Crippen LogP contribution in [0.2, 0.25) is 0 Å². The fraction of sp³-hybridized carbons (Fsp3) is 0.588. The van der Waals surface area contributed by atoms with E-state index in [1.165, 1.54) is 18.2 Å². The van der Waals surface area contributed by atoms with E-state index in [0.29, 0.717) is 19.0 Å². The molecule has 2 rings (SSSR count). The summed E-state index contributed by atoms with van der Waals surface area (Å²) in [6.45, 7) is 8.10. The minimum Gasteiger partial charge on any atom is -0.379 e. The van der Waals surface area contributed by atoms with Crippen LogP contribution in [0, 0.1) is 11.6 Å². The minimum atomic E-state index is -0.508. The van der Waals surface area contributed by atoms with E-state index < -0.39 is 11.6 Å². The molecule has 1 aliphatic heterocycles. The third-order valence-electron chi connectivity index (χ3n) is 3.86. The second-order valence-electron chi connectivity index (χ2n) is 5.59. The Labute approximate surface area is 165 Å². The molecule has 25 heavy (non-hydrogen) atoms. The van der Waals surface area contributed by atoms with E-state index in [9.17, 15) is 8.78 Å². The average molecular weight is 468 g/mol. The van der Waals surface area contributed by atoms with Crippen molar-refractivity contribution in [3.05, 3.63) is 35.4 Å². The number of hydrogen-bond acceptors (Lipinski definition) is 3. The molecule has 1 aromatic rings. The predicted octanol–water partition coefficient (Wildman–Crippen LogP) is 2.01. The summed E-state index contributed by atoms with van der Waals surface area (Å²) in [6, 6.07) is 3.93. The number of hydrogen-bond donors (Lipinski definition) is 2. The minimum absolute atomic E-state index is 0. The molecule has 0 saturated carbocycles. The second kappa shape index (κ2) is 12.4. The lowest BCUT2D eigenvalue weighted by molar-refractivity contribution is 0.0394. The summed E-state index contributed by atoms with van der Waals surface area (Å²) < 4.78 is 32.5. The van der Waals surface area contributed by atoms with Crippen molar-refractivity contribution in [2.75, 3.05) is 52.5 Å². The van der Waals surface area contributed by atoms with Gasteiger partial charge in [-0.2, -0.15) is 0 Å². The summed E-state index contributed by atoms with van der Waals surface area (Å²) in [7, 11) is 0. The average Bonchev–Trinajstić information content (AvgIpc) is 2.58. The molecule has 0 amide bonds. The van der Waals surface area contributed by atoms with Crippen molar-refractivity contribution in [2.24, 2.45) is 4.99 Å². The first-order valence-corrected chi connectivity index (χ1v) is 8.46. The molecule has 0 atom stereocenters. The highest BCUT2D eigenvalue weighted by atomic mass is 127. The lowest BCUT2D eigenvalue weighted by atomic mass is 10.1. The first kappa shape index (κ1) is 22.0. The van der Waals surface area contributed by atoms with Gasteiger partial charge >= 0.3 is 0 Å². The Kier molecular flexibility index (Phi) is 10.9. The van der Waals surface area contributed by atoms with Crippen LogP contribution >= 0.6 is 24.0 Å².